The van der Waals surface area contributed by atoms with Crippen LogP contribution in [0.5, 0.6) is 5.75 Å². The number of rotatable bonds is 4. The van der Waals surface area contributed by atoms with Crippen LogP contribution in [0, 0.1) is 10.5 Å². The summed E-state index contributed by atoms with van der Waals surface area (Å²) in [7, 11) is 0. The van der Waals surface area contributed by atoms with E-state index in [9.17, 15) is 4.79 Å². The van der Waals surface area contributed by atoms with Crippen LogP contribution in [0.3, 0.4) is 0 Å². The summed E-state index contributed by atoms with van der Waals surface area (Å²) in [6, 6.07) is 11.2. The minimum absolute atomic E-state index is 0.0295. The van der Waals surface area contributed by atoms with E-state index in [1.165, 1.54) is 0 Å². The van der Waals surface area contributed by atoms with Gasteiger partial charge in [-0.3, -0.25) is 4.79 Å². The predicted octanol–water partition coefficient (Wildman–Crippen LogP) is 4.99. The van der Waals surface area contributed by atoms with Crippen LogP contribution < -0.4 is 4.74 Å². The first kappa shape index (κ1) is 15.5. The topological polar surface area (TPSA) is 26.3 Å². The highest BCUT2D eigenvalue weighted by Gasteiger charge is 2.15. The van der Waals surface area contributed by atoms with Crippen molar-refractivity contribution < 1.29 is 9.53 Å². The van der Waals surface area contributed by atoms with Crippen molar-refractivity contribution in [2.24, 2.45) is 0 Å². The molecule has 0 unspecified atom stereocenters. The van der Waals surface area contributed by atoms with Crippen molar-refractivity contribution in [3.05, 3.63) is 61.1 Å². The first-order valence-electron chi connectivity index (χ1n) is 6.26. The van der Waals surface area contributed by atoms with Crippen LogP contribution in [0.15, 0.2) is 40.9 Å². The van der Waals surface area contributed by atoms with Gasteiger partial charge in [-0.15, -0.1) is 0 Å². The van der Waals surface area contributed by atoms with Gasteiger partial charge < -0.3 is 4.74 Å². The number of halogens is 2. The number of ketones is 1. The van der Waals surface area contributed by atoms with E-state index in [1.54, 1.807) is 6.07 Å². The highest BCUT2D eigenvalue weighted by molar-refractivity contribution is 14.1. The second-order valence-electron chi connectivity index (χ2n) is 4.34. The van der Waals surface area contributed by atoms with Gasteiger partial charge in [-0.25, -0.2) is 0 Å². The van der Waals surface area contributed by atoms with Crippen molar-refractivity contribution in [1.29, 1.82) is 0 Å². The number of hydrogen-bond acceptors (Lipinski definition) is 2. The van der Waals surface area contributed by atoms with Gasteiger partial charge in [0.25, 0.3) is 0 Å². The smallest absolute Gasteiger partial charge is 0.194 e. The molecular formula is C16H14BrIO2. The molecule has 0 N–H and O–H groups in total. The first-order chi connectivity index (χ1) is 9.54. The van der Waals surface area contributed by atoms with Gasteiger partial charge in [0.15, 0.2) is 5.78 Å². The molecule has 0 aliphatic heterocycles. The van der Waals surface area contributed by atoms with Gasteiger partial charge in [0, 0.05) is 14.7 Å². The molecule has 0 atom stereocenters. The second-order valence-corrected chi connectivity index (χ2v) is 6.28. The summed E-state index contributed by atoms with van der Waals surface area (Å²) >= 11 is 5.66. The quantitative estimate of drug-likeness (QED) is 0.490. The van der Waals surface area contributed by atoms with Crippen molar-refractivity contribution in [1.82, 2.24) is 0 Å². The van der Waals surface area contributed by atoms with E-state index in [2.05, 4.69) is 38.5 Å². The third-order valence-corrected chi connectivity index (χ3v) is 4.98. The fraction of sp³-hybridized carbons (Fsp3) is 0.188. The van der Waals surface area contributed by atoms with Crippen molar-refractivity contribution >= 4 is 44.3 Å². The Balaban J connectivity index is 2.39. The maximum atomic E-state index is 12.6. The maximum absolute atomic E-state index is 12.6. The van der Waals surface area contributed by atoms with Crippen molar-refractivity contribution in [2.75, 3.05) is 6.61 Å². The zero-order valence-electron chi connectivity index (χ0n) is 11.2. The zero-order chi connectivity index (χ0) is 14.7. The molecule has 2 aromatic rings. The molecule has 2 aromatic carbocycles. The minimum atomic E-state index is 0.0295. The number of ether oxygens (including phenoxy) is 1. The van der Waals surface area contributed by atoms with Gasteiger partial charge in [-0.1, -0.05) is 12.1 Å². The molecule has 2 nitrogen and oxygen atoms in total. The molecule has 0 fully saturated rings. The van der Waals surface area contributed by atoms with E-state index in [0.717, 1.165) is 24.9 Å². The SMILES string of the molecule is CCOc1ccc(C(=O)c2cccc(C)c2I)cc1Br. The molecule has 0 saturated carbocycles. The molecule has 0 aliphatic rings. The van der Waals surface area contributed by atoms with Crippen LogP contribution in [0.4, 0.5) is 0 Å². The average Bonchev–Trinajstić information content (AvgIpc) is 2.43. The van der Waals surface area contributed by atoms with Gasteiger partial charge in [0.1, 0.15) is 5.75 Å². The molecule has 2 rings (SSSR count). The Kier molecular flexibility index (Phi) is 5.21. The molecular weight excluding hydrogens is 431 g/mol. The lowest BCUT2D eigenvalue weighted by atomic mass is 10.0. The molecule has 0 amide bonds. The second kappa shape index (κ2) is 6.72. The largest absolute Gasteiger partial charge is 0.493 e. The highest BCUT2D eigenvalue weighted by Crippen LogP contribution is 2.28. The van der Waals surface area contributed by atoms with E-state index in [1.807, 2.05) is 44.2 Å². The fourth-order valence-electron chi connectivity index (χ4n) is 1.89. The summed E-state index contributed by atoms with van der Waals surface area (Å²) in [5, 5.41) is 0. The lowest BCUT2D eigenvalue weighted by Gasteiger charge is -2.09. The Morgan fingerprint density at radius 3 is 2.70 bits per heavy atom. The number of aryl methyl sites for hydroxylation is 1. The Bertz CT molecular complexity index is 653. The predicted molar refractivity (Wildman–Crippen MR) is 92.6 cm³/mol. The van der Waals surface area contributed by atoms with E-state index < -0.39 is 0 Å². The minimum Gasteiger partial charge on any atom is -0.493 e. The number of carbonyl (C=O) groups excluding carboxylic acids is 1. The van der Waals surface area contributed by atoms with Gasteiger partial charge in [0.2, 0.25) is 0 Å². The van der Waals surface area contributed by atoms with E-state index in [4.69, 9.17) is 4.74 Å². The van der Waals surface area contributed by atoms with Gasteiger partial charge in [-0.2, -0.15) is 0 Å². The summed E-state index contributed by atoms with van der Waals surface area (Å²) < 4.78 is 7.26. The Hall–Kier alpha value is -0.880. The molecule has 0 aliphatic carbocycles. The Morgan fingerprint density at radius 2 is 2.05 bits per heavy atom. The monoisotopic (exact) mass is 444 g/mol. The summed E-state index contributed by atoms with van der Waals surface area (Å²) in [4.78, 5) is 12.6. The van der Waals surface area contributed by atoms with Crippen molar-refractivity contribution in [3.8, 4) is 5.75 Å². The fourth-order valence-corrected chi connectivity index (χ4v) is 2.99. The van der Waals surface area contributed by atoms with E-state index in [-0.39, 0.29) is 5.78 Å². The molecule has 4 heteroatoms. The van der Waals surface area contributed by atoms with Crippen LogP contribution in [-0.4, -0.2) is 12.4 Å². The van der Waals surface area contributed by atoms with Crippen LogP contribution in [0.1, 0.15) is 28.4 Å². The van der Waals surface area contributed by atoms with Gasteiger partial charge in [0.05, 0.1) is 11.1 Å². The lowest BCUT2D eigenvalue weighted by molar-refractivity contribution is 0.103. The number of benzene rings is 2. The Morgan fingerprint density at radius 1 is 1.30 bits per heavy atom. The summed E-state index contributed by atoms with van der Waals surface area (Å²) in [5.74, 6) is 0.782. The normalized spacial score (nSPS) is 10.4. The lowest BCUT2D eigenvalue weighted by Crippen LogP contribution is -2.05. The first-order valence-corrected chi connectivity index (χ1v) is 8.14. The molecule has 0 aromatic heterocycles. The zero-order valence-corrected chi connectivity index (χ0v) is 15.0. The number of carbonyl (C=O) groups is 1. The third kappa shape index (κ3) is 3.23. The standard InChI is InChI=1S/C16H14BrIO2/c1-3-20-14-8-7-11(9-13(14)17)16(19)12-6-4-5-10(2)15(12)18/h4-9H,3H2,1-2H3. The van der Waals surface area contributed by atoms with Crippen LogP contribution in [0.25, 0.3) is 0 Å². The third-order valence-electron chi connectivity index (χ3n) is 2.93. The van der Waals surface area contributed by atoms with Crippen molar-refractivity contribution in [3.63, 3.8) is 0 Å². The number of hydrogen-bond donors (Lipinski definition) is 0. The summed E-state index contributed by atoms with van der Waals surface area (Å²) in [6.45, 7) is 4.54. The van der Waals surface area contributed by atoms with Gasteiger partial charge >= 0.3 is 0 Å². The molecule has 0 bridgehead atoms. The van der Waals surface area contributed by atoms with Crippen LogP contribution in [0.2, 0.25) is 0 Å². The molecule has 104 valence electrons. The van der Waals surface area contributed by atoms with Crippen LogP contribution >= 0.6 is 38.5 Å². The Labute approximate surface area is 140 Å². The molecule has 0 spiro atoms. The molecule has 20 heavy (non-hydrogen) atoms. The molecule has 0 heterocycles. The maximum Gasteiger partial charge on any atom is 0.194 e. The van der Waals surface area contributed by atoms with Crippen LogP contribution in [-0.2, 0) is 0 Å². The highest BCUT2D eigenvalue weighted by atomic mass is 127. The average molecular weight is 445 g/mol. The van der Waals surface area contributed by atoms with E-state index in [0.29, 0.717) is 12.2 Å². The van der Waals surface area contributed by atoms with Crippen molar-refractivity contribution in [2.45, 2.75) is 13.8 Å². The summed E-state index contributed by atoms with van der Waals surface area (Å²) in [5.41, 5.74) is 2.51. The molecule has 0 radical (unpaired) electrons. The van der Waals surface area contributed by atoms with Gasteiger partial charge in [-0.05, 0) is 82.2 Å². The molecule has 0 saturated heterocycles. The summed E-state index contributed by atoms with van der Waals surface area (Å²) in [6.07, 6.45) is 0. The van der Waals surface area contributed by atoms with E-state index >= 15 is 0 Å².